The summed E-state index contributed by atoms with van der Waals surface area (Å²) < 4.78 is 40.8. The summed E-state index contributed by atoms with van der Waals surface area (Å²) in [6.07, 6.45) is 2.96. The van der Waals surface area contributed by atoms with Crippen LogP contribution >= 0.6 is 0 Å². The van der Waals surface area contributed by atoms with Gasteiger partial charge in [-0.15, -0.1) is 0 Å². The van der Waals surface area contributed by atoms with Crippen LogP contribution in [0.3, 0.4) is 0 Å². The number of nitrogens with zero attached hydrogens (tertiary/aromatic N) is 4. The highest BCUT2D eigenvalue weighted by molar-refractivity contribution is 5.91. The first-order valence-electron chi connectivity index (χ1n) is 11.0. The standard InChI is InChI=1S/C24H28F3N5O3/c1-5-18(25)8-6-15(2)11-28-24(35)32-21-13-30(12-17-7-9-19(26)10-20(17)27)23(34)16(3)31(21)22(33)14-29(32)4/h5-10,16,21H,1,11-14H2,2-4H3,(H,28,35)/b15-6+,18-8+/t16-,21?/m0/s1. The molecule has 1 unspecified atom stereocenters. The van der Waals surface area contributed by atoms with E-state index >= 15 is 0 Å². The number of carbonyl (C=O) groups excluding carboxylic acids is 3. The molecule has 0 spiro atoms. The lowest BCUT2D eigenvalue weighted by atomic mass is 10.1. The monoisotopic (exact) mass is 491 g/mol. The first-order chi connectivity index (χ1) is 16.5. The first-order valence-corrected chi connectivity index (χ1v) is 11.0. The van der Waals surface area contributed by atoms with Gasteiger partial charge in [0.25, 0.3) is 0 Å². The summed E-state index contributed by atoms with van der Waals surface area (Å²) in [7, 11) is 1.57. The van der Waals surface area contributed by atoms with Crippen LogP contribution in [-0.2, 0) is 16.1 Å². The number of allylic oxidation sites excluding steroid dienone is 4. The number of amides is 4. The van der Waals surface area contributed by atoms with Gasteiger partial charge in [0.15, 0.2) is 0 Å². The van der Waals surface area contributed by atoms with Gasteiger partial charge < -0.3 is 15.1 Å². The van der Waals surface area contributed by atoms with Crippen LogP contribution in [0.4, 0.5) is 18.0 Å². The Balaban J connectivity index is 1.81. The highest BCUT2D eigenvalue weighted by Crippen LogP contribution is 2.27. The molecular weight excluding hydrogens is 463 g/mol. The van der Waals surface area contributed by atoms with Gasteiger partial charge >= 0.3 is 6.03 Å². The highest BCUT2D eigenvalue weighted by atomic mass is 19.1. The number of piperazine rings is 1. The lowest BCUT2D eigenvalue weighted by molar-refractivity contribution is -0.186. The van der Waals surface area contributed by atoms with Gasteiger partial charge in [0.05, 0.1) is 13.1 Å². The molecule has 11 heteroatoms. The van der Waals surface area contributed by atoms with Crippen molar-refractivity contribution in [3.63, 3.8) is 0 Å². The molecule has 2 saturated heterocycles. The number of hydrazine groups is 1. The molecule has 2 atom stereocenters. The lowest BCUT2D eigenvalue weighted by Crippen LogP contribution is -2.75. The highest BCUT2D eigenvalue weighted by Gasteiger charge is 2.49. The van der Waals surface area contributed by atoms with E-state index in [1.165, 1.54) is 38.0 Å². The molecule has 3 rings (SSSR count). The molecule has 0 aliphatic carbocycles. The molecule has 0 saturated carbocycles. The van der Waals surface area contributed by atoms with E-state index in [0.29, 0.717) is 5.57 Å². The number of likely N-dealkylation sites (N-methyl/N-ethyl adjacent to an activating group) is 1. The zero-order valence-corrected chi connectivity index (χ0v) is 19.8. The van der Waals surface area contributed by atoms with Crippen molar-refractivity contribution < 1.29 is 27.6 Å². The third kappa shape index (κ3) is 5.73. The van der Waals surface area contributed by atoms with Crippen molar-refractivity contribution in [1.82, 2.24) is 25.1 Å². The van der Waals surface area contributed by atoms with E-state index in [4.69, 9.17) is 0 Å². The number of rotatable bonds is 6. The van der Waals surface area contributed by atoms with E-state index in [9.17, 15) is 27.6 Å². The third-order valence-electron chi connectivity index (χ3n) is 5.92. The maximum atomic E-state index is 14.2. The number of benzene rings is 1. The second-order valence-electron chi connectivity index (χ2n) is 8.50. The molecule has 2 aliphatic rings. The summed E-state index contributed by atoms with van der Waals surface area (Å²) in [5, 5.41) is 5.53. The molecule has 0 aromatic heterocycles. The van der Waals surface area contributed by atoms with Gasteiger partial charge in [-0.2, -0.15) is 0 Å². The lowest BCUT2D eigenvalue weighted by Gasteiger charge is -2.53. The minimum Gasteiger partial charge on any atom is -0.333 e. The SMILES string of the molecule is C=C/C(F)=C\C=C(/C)CNC(=O)N1C2CN(Cc3ccc(F)cc3F)C(=O)[C@H](C)N2C(=O)CN1C. The minimum absolute atomic E-state index is 0.0639. The van der Waals surface area contributed by atoms with Crippen LogP contribution in [0.2, 0.25) is 0 Å². The molecule has 8 nitrogen and oxygen atoms in total. The number of carbonyl (C=O) groups is 3. The molecule has 35 heavy (non-hydrogen) atoms. The molecule has 0 radical (unpaired) electrons. The summed E-state index contributed by atoms with van der Waals surface area (Å²) in [4.78, 5) is 41.6. The van der Waals surface area contributed by atoms with Crippen molar-refractivity contribution in [2.45, 2.75) is 32.6 Å². The van der Waals surface area contributed by atoms with Crippen molar-refractivity contribution in [2.75, 3.05) is 26.7 Å². The number of urea groups is 1. The topological polar surface area (TPSA) is 76.2 Å². The molecule has 4 amide bonds. The maximum absolute atomic E-state index is 14.2. The fourth-order valence-corrected chi connectivity index (χ4v) is 4.11. The Kier molecular flexibility index (Phi) is 8.00. The van der Waals surface area contributed by atoms with Crippen molar-refractivity contribution in [2.24, 2.45) is 0 Å². The molecule has 2 fully saturated rings. The summed E-state index contributed by atoms with van der Waals surface area (Å²) >= 11 is 0. The predicted molar refractivity (Wildman–Crippen MR) is 123 cm³/mol. The maximum Gasteiger partial charge on any atom is 0.334 e. The first kappa shape index (κ1) is 26.0. The van der Waals surface area contributed by atoms with Gasteiger partial charge in [0.1, 0.15) is 29.7 Å². The van der Waals surface area contributed by atoms with Crippen molar-refractivity contribution in [3.8, 4) is 0 Å². The molecule has 1 N–H and O–H groups in total. The molecule has 2 aliphatic heterocycles. The average Bonchev–Trinajstić information content (AvgIpc) is 2.80. The second kappa shape index (κ2) is 10.8. The quantitative estimate of drug-likeness (QED) is 0.621. The van der Waals surface area contributed by atoms with Crippen molar-refractivity contribution >= 4 is 17.8 Å². The van der Waals surface area contributed by atoms with E-state index in [2.05, 4.69) is 11.9 Å². The number of hydrogen-bond donors (Lipinski definition) is 1. The largest absolute Gasteiger partial charge is 0.334 e. The fourth-order valence-electron chi connectivity index (χ4n) is 4.11. The molecule has 2 heterocycles. The molecule has 1 aromatic carbocycles. The smallest absolute Gasteiger partial charge is 0.333 e. The third-order valence-corrected chi connectivity index (χ3v) is 5.92. The number of hydrogen-bond acceptors (Lipinski definition) is 4. The van der Waals surface area contributed by atoms with Gasteiger partial charge in [-0.1, -0.05) is 24.3 Å². The van der Waals surface area contributed by atoms with E-state index in [1.54, 1.807) is 20.9 Å². The van der Waals surface area contributed by atoms with Crippen LogP contribution < -0.4 is 5.32 Å². The summed E-state index contributed by atoms with van der Waals surface area (Å²) in [5.74, 6) is -2.76. The number of nitrogens with one attached hydrogen (secondary N) is 1. The van der Waals surface area contributed by atoms with Gasteiger partial charge in [-0.3, -0.25) is 9.59 Å². The molecule has 0 bridgehead atoms. The van der Waals surface area contributed by atoms with Crippen LogP contribution in [0, 0.1) is 11.6 Å². The van der Waals surface area contributed by atoms with Gasteiger partial charge in [-0.25, -0.2) is 28.0 Å². The van der Waals surface area contributed by atoms with Crippen LogP contribution in [0.15, 0.2) is 54.4 Å². The Morgan fingerprint density at radius 1 is 1.26 bits per heavy atom. The van der Waals surface area contributed by atoms with Crippen molar-refractivity contribution in [3.05, 3.63) is 71.6 Å². The Hall–Kier alpha value is -3.60. The second-order valence-corrected chi connectivity index (χ2v) is 8.50. The summed E-state index contributed by atoms with van der Waals surface area (Å²) in [6, 6.07) is 1.69. The summed E-state index contributed by atoms with van der Waals surface area (Å²) in [6.45, 7) is 6.38. The zero-order chi connectivity index (χ0) is 25.9. The Morgan fingerprint density at radius 2 is 1.97 bits per heavy atom. The predicted octanol–water partition coefficient (Wildman–Crippen LogP) is 2.71. The van der Waals surface area contributed by atoms with E-state index in [0.717, 1.165) is 18.2 Å². The van der Waals surface area contributed by atoms with Crippen molar-refractivity contribution in [1.29, 1.82) is 0 Å². The Morgan fingerprint density at radius 3 is 2.63 bits per heavy atom. The molecule has 188 valence electrons. The zero-order valence-electron chi connectivity index (χ0n) is 19.8. The van der Waals surface area contributed by atoms with Crippen LogP contribution in [0.5, 0.6) is 0 Å². The van der Waals surface area contributed by atoms with Crippen LogP contribution in [0.1, 0.15) is 19.4 Å². The fraction of sp³-hybridized carbons (Fsp3) is 0.375. The molecule has 1 aromatic rings. The summed E-state index contributed by atoms with van der Waals surface area (Å²) in [5.41, 5.74) is 0.788. The van der Waals surface area contributed by atoms with E-state index in [1.807, 2.05) is 0 Å². The van der Waals surface area contributed by atoms with Gasteiger partial charge in [-0.05, 0) is 32.1 Å². The van der Waals surface area contributed by atoms with Crippen LogP contribution in [-0.4, -0.2) is 76.6 Å². The number of halogens is 3. The molecular formula is C24H28F3N5O3. The Bertz CT molecular complexity index is 1090. The van der Waals surface area contributed by atoms with Crippen LogP contribution in [0.25, 0.3) is 0 Å². The van der Waals surface area contributed by atoms with E-state index < -0.39 is 41.6 Å². The Labute approximate surface area is 201 Å². The minimum atomic E-state index is -0.887. The van der Waals surface area contributed by atoms with E-state index in [-0.39, 0.29) is 37.6 Å². The number of fused-ring (bicyclic) bond motifs is 1. The van der Waals surface area contributed by atoms with Gasteiger partial charge in [0.2, 0.25) is 11.8 Å². The average molecular weight is 492 g/mol. The normalized spacial score (nSPS) is 21.8. The van der Waals surface area contributed by atoms with Gasteiger partial charge in [0, 0.05) is 31.8 Å².